The standard InChI is InChI=1S/C23H33F2N3O2S/c1-23(2,3)17-11-16(7-6-10-29-4)13-28(14-17)15-18-12-27-21(31-18)19-8-5-9-26-20(19)30-22(24)25/h5,7-9,12,17,20,22,26H,6,10-11,13-15H2,1-4H3/b16-7+. The first-order chi connectivity index (χ1) is 14.8. The molecule has 0 amide bonds. The van der Waals surface area contributed by atoms with Gasteiger partial charge in [-0.2, -0.15) is 8.78 Å². The van der Waals surface area contributed by atoms with E-state index in [0.717, 1.165) is 44.0 Å². The fourth-order valence-electron chi connectivity index (χ4n) is 3.94. The second kappa shape index (κ2) is 10.8. The average molecular weight is 454 g/mol. The number of likely N-dealkylation sites (tertiary alicyclic amines) is 1. The number of ether oxygens (including phenoxy) is 2. The molecule has 0 saturated carbocycles. The maximum atomic E-state index is 12.8. The molecule has 2 aliphatic rings. The molecule has 8 heteroatoms. The first-order valence-corrected chi connectivity index (χ1v) is 11.5. The highest BCUT2D eigenvalue weighted by Crippen LogP contribution is 2.36. The molecule has 0 aliphatic carbocycles. The Labute approximate surface area is 187 Å². The number of allylic oxidation sites excluding steroid dienone is 2. The van der Waals surface area contributed by atoms with Crippen molar-refractivity contribution in [1.82, 2.24) is 15.2 Å². The van der Waals surface area contributed by atoms with Crippen LogP contribution in [0.1, 0.15) is 43.5 Å². The van der Waals surface area contributed by atoms with Gasteiger partial charge in [-0.05, 0) is 36.5 Å². The highest BCUT2D eigenvalue weighted by atomic mass is 32.1. The molecule has 172 valence electrons. The minimum absolute atomic E-state index is 0.225. The molecule has 1 saturated heterocycles. The van der Waals surface area contributed by atoms with Crippen LogP contribution in [-0.4, -0.2) is 49.5 Å². The molecule has 2 unspecified atom stereocenters. The maximum Gasteiger partial charge on any atom is 0.347 e. The number of halogens is 2. The molecule has 3 rings (SSSR count). The van der Waals surface area contributed by atoms with Crippen molar-refractivity contribution in [3.8, 4) is 0 Å². The maximum absolute atomic E-state index is 12.8. The summed E-state index contributed by atoms with van der Waals surface area (Å²) in [5, 5.41) is 3.54. The van der Waals surface area contributed by atoms with Gasteiger partial charge in [-0.1, -0.05) is 38.5 Å². The zero-order valence-electron chi connectivity index (χ0n) is 18.7. The molecule has 0 aromatic carbocycles. The van der Waals surface area contributed by atoms with Crippen molar-refractivity contribution >= 4 is 16.9 Å². The molecule has 1 fully saturated rings. The van der Waals surface area contributed by atoms with Gasteiger partial charge in [0.15, 0.2) is 6.23 Å². The average Bonchev–Trinajstić information content (AvgIpc) is 3.15. The first kappa shape index (κ1) is 24.0. The molecule has 1 aromatic heterocycles. The number of hydrogen-bond donors (Lipinski definition) is 1. The van der Waals surface area contributed by atoms with E-state index in [2.05, 4.69) is 42.0 Å². The number of nitrogens with one attached hydrogen (secondary N) is 1. The number of dihydropyridines is 1. The topological polar surface area (TPSA) is 46.6 Å². The Bertz CT molecular complexity index is 814. The SMILES string of the molecule is COCC/C=C1\CC(C(C)(C)C)CN(Cc2cnc(C3=CC=CNC3OC(F)F)s2)C1. The third kappa shape index (κ3) is 6.94. The van der Waals surface area contributed by atoms with Gasteiger partial charge in [0.2, 0.25) is 0 Å². The second-order valence-electron chi connectivity index (χ2n) is 9.14. The van der Waals surface area contributed by atoms with Crippen molar-refractivity contribution in [3.05, 3.63) is 46.1 Å². The number of alkyl halides is 2. The van der Waals surface area contributed by atoms with Crippen molar-refractivity contribution in [2.24, 2.45) is 11.3 Å². The summed E-state index contributed by atoms with van der Waals surface area (Å²) in [6.07, 6.45) is 10.5. The van der Waals surface area contributed by atoms with Gasteiger partial charge in [0.25, 0.3) is 0 Å². The molecule has 2 aliphatic heterocycles. The zero-order chi connectivity index (χ0) is 22.4. The third-order valence-electron chi connectivity index (χ3n) is 5.71. The Morgan fingerprint density at radius 1 is 1.39 bits per heavy atom. The van der Waals surface area contributed by atoms with E-state index in [1.165, 1.54) is 16.9 Å². The summed E-state index contributed by atoms with van der Waals surface area (Å²) in [5.41, 5.74) is 2.32. The predicted octanol–water partition coefficient (Wildman–Crippen LogP) is 5.04. The van der Waals surface area contributed by atoms with E-state index in [1.54, 1.807) is 25.5 Å². The van der Waals surface area contributed by atoms with Gasteiger partial charge in [0.1, 0.15) is 5.01 Å². The van der Waals surface area contributed by atoms with E-state index in [4.69, 9.17) is 9.47 Å². The van der Waals surface area contributed by atoms with Crippen molar-refractivity contribution in [2.75, 3.05) is 26.8 Å². The quantitative estimate of drug-likeness (QED) is 0.441. The van der Waals surface area contributed by atoms with Crippen molar-refractivity contribution in [3.63, 3.8) is 0 Å². The number of hydrogen-bond acceptors (Lipinski definition) is 6. The van der Waals surface area contributed by atoms with Crippen molar-refractivity contribution < 1.29 is 18.3 Å². The summed E-state index contributed by atoms with van der Waals surface area (Å²) in [7, 11) is 1.73. The Morgan fingerprint density at radius 3 is 2.90 bits per heavy atom. The summed E-state index contributed by atoms with van der Waals surface area (Å²) in [6.45, 7) is 7.56. The molecule has 31 heavy (non-hydrogen) atoms. The van der Waals surface area contributed by atoms with Crippen LogP contribution < -0.4 is 5.32 Å². The number of methoxy groups -OCH3 is 1. The lowest BCUT2D eigenvalue weighted by Crippen LogP contribution is -2.41. The van der Waals surface area contributed by atoms with E-state index in [9.17, 15) is 8.78 Å². The summed E-state index contributed by atoms with van der Waals surface area (Å²) >= 11 is 1.54. The molecule has 0 radical (unpaired) electrons. The zero-order valence-corrected chi connectivity index (χ0v) is 19.6. The second-order valence-corrected chi connectivity index (χ2v) is 10.3. The van der Waals surface area contributed by atoms with Crippen LogP contribution >= 0.6 is 11.3 Å². The van der Waals surface area contributed by atoms with Crippen LogP contribution in [0, 0.1) is 11.3 Å². The van der Waals surface area contributed by atoms with Crippen LogP contribution in [0.15, 0.2) is 36.2 Å². The Balaban J connectivity index is 1.71. The number of piperidine rings is 1. The summed E-state index contributed by atoms with van der Waals surface area (Å²) in [4.78, 5) is 8.09. The highest BCUT2D eigenvalue weighted by Gasteiger charge is 2.32. The summed E-state index contributed by atoms with van der Waals surface area (Å²) in [5.74, 6) is 0.571. The Kier molecular flexibility index (Phi) is 8.38. The normalized spacial score (nSPS) is 24.0. The molecular weight excluding hydrogens is 420 g/mol. The molecular formula is C23H33F2N3O2S. The molecule has 0 bridgehead atoms. The molecule has 5 nitrogen and oxygen atoms in total. The fourth-order valence-corrected chi connectivity index (χ4v) is 4.94. The molecule has 1 aromatic rings. The summed E-state index contributed by atoms with van der Waals surface area (Å²) in [6, 6.07) is 0. The van der Waals surface area contributed by atoms with Crippen LogP contribution in [0.25, 0.3) is 5.57 Å². The van der Waals surface area contributed by atoms with Gasteiger partial charge in [-0.25, -0.2) is 4.98 Å². The van der Waals surface area contributed by atoms with E-state index in [-0.39, 0.29) is 5.41 Å². The van der Waals surface area contributed by atoms with Crippen LogP contribution in [-0.2, 0) is 16.0 Å². The van der Waals surface area contributed by atoms with Gasteiger partial charge >= 0.3 is 6.61 Å². The first-order valence-electron chi connectivity index (χ1n) is 10.7. The van der Waals surface area contributed by atoms with Crippen LogP contribution in [0.2, 0.25) is 0 Å². The van der Waals surface area contributed by atoms with Crippen LogP contribution in [0.5, 0.6) is 0 Å². The number of rotatable bonds is 8. The minimum Gasteiger partial charge on any atom is -0.384 e. The largest absolute Gasteiger partial charge is 0.384 e. The van der Waals surface area contributed by atoms with E-state index >= 15 is 0 Å². The summed E-state index contributed by atoms with van der Waals surface area (Å²) < 4.78 is 35.4. The van der Waals surface area contributed by atoms with Crippen molar-refractivity contribution in [2.45, 2.75) is 53.0 Å². The van der Waals surface area contributed by atoms with E-state index in [0.29, 0.717) is 16.5 Å². The molecule has 0 spiro atoms. The number of aromatic nitrogens is 1. The Hall–Kier alpha value is -1.61. The fraction of sp³-hybridized carbons (Fsp3) is 0.609. The van der Waals surface area contributed by atoms with Crippen LogP contribution in [0.4, 0.5) is 8.78 Å². The van der Waals surface area contributed by atoms with Gasteiger partial charge < -0.3 is 10.1 Å². The van der Waals surface area contributed by atoms with Gasteiger partial charge in [0, 0.05) is 50.0 Å². The smallest absolute Gasteiger partial charge is 0.347 e. The van der Waals surface area contributed by atoms with E-state index in [1.807, 2.05) is 6.20 Å². The minimum atomic E-state index is -2.85. The Morgan fingerprint density at radius 2 is 2.19 bits per heavy atom. The van der Waals surface area contributed by atoms with Gasteiger partial charge in [-0.15, -0.1) is 11.3 Å². The third-order valence-corrected chi connectivity index (χ3v) is 6.75. The lowest BCUT2D eigenvalue weighted by Gasteiger charge is -2.41. The van der Waals surface area contributed by atoms with Gasteiger partial charge in [0.05, 0.1) is 0 Å². The predicted molar refractivity (Wildman–Crippen MR) is 121 cm³/mol. The molecule has 2 atom stereocenters. The van der Waals surface area contributed by atoms with E-state index < -0.39 is 12.8 Å². The monoisotopic (exact) mass is 453 g/mol. The van der Waals surface area contributed by atoms with Crippen LogP contribution in [0.3, 0.4) is 0 Å². The molecule has 3 heterocycles. The molecule has 1 N–H and O–H groups in total. The number of thiazole rings is 1. The lowest BCUT2D eigenvalue weighted by molar-refractivity contribution is -0.151. The van der Waals surface area contributed by atoms with Crippen molar-refractivity contribution in [1.29, 1.82) is 0 Å². The lowest BCUT2D eigenvalue weighted by atomic mass is 9.75. The number of nitrogens with zero attached hydrogens (tertiary/aromatic N) is 2. The highest BCUT2D eigenvalue weighted by molar-refractivity contribution is 7.12. The van der Waals surface area contributed by atoms with Gasteiger partial charge in [-0.3, -0.25) is 9.64 Å².